The van der Waals surface area contributed by atoms with Crippen LogP contribution in [0.15, 0.2) is 0 Å². The van der Waals surface area contributed by atoms with Gasteiger partial charge in [0.1, 0.15) is 0 Å². The predicted octanol–water partition coefficient (Wildman–Crippen LogP) is 2.06. The van der Waals surface area contributed by atoms with Gasteiger partial charge in [-0.15, -0.1) is 0 Å². The minimum atomic E-state index is -4.75. The molecule has 0 aromatic rings. The van der Waals surface area contributed by atoms with E-state index in [0.717, 1.165) is 0 Å². The third-order valence-electron chi connectivity index (χ3n) is 1.82. The van der Waals surface area contributed by atoms with Crippen LogP contribution in [0, 0.1) is 5.92 Å². The van der Waals surface area contributed by atoms with Crippen molar-refractivity contribution >= 4 is 5.97 Å². The standard InChI is InChI=1S/C8H13F3O3/c1-3-5(2)14-4-6(7(12)13)8(9,10)11/h5-6H,3-4H2,1-2H3,(H,12,13). The Labute approximate surface area is 79.9 Å². The van der Waals surface area contributed by atoms with E-state index in [4.69, 9.17) is 9.84 Å². The van der Waals surface area contributed by atoms with Gasteiger partial charge in [0.2, 0.25) is 0 Å². The monoisotopic (exact) mass is 214 g/mol. The minimum absolute atomic E-state index is 0.362. The molecule has 0 aliphatic carbocycles. The Balaban J connectivity index is 4.19. The van der Waals surface area contributed by atoms with Crippen LogP contribution in [-0.4, -0.2) is 30.0 Å². The average molecular weight is 214 g/mol. The van der Waals surface area contributed by atoms with Gasteiger partial charge in [-0.1, -0.05) is 6.92 Å². The Hall–Kier alpha value is -0.780. The van der Waals surface area contributed by atoms with Crippen LogP contribution in [0.4, 0.5) is 13.2 Å². The number of carboxylic acid groups (broad SMARTS) is 1. The Morgan fingerprint density at radius 1 is 1.50 bits per heavy atom. The molecule has 0 aromatic carbocycles. The molecule has 2 atom stereocenters. The fourth-order valence-corrected chi connectivity index (χ4v) is 0.684. The summed E-state index contributed by atoms with van der Waals surface area (Å²) in [5.74, 6) is -4.34. The molecule has 0 heterocycles. The van der Waals surface area contributed by atoms with E-state index < -0.39 is 24.7 Å². The normalized spacial score (nSPS) is 16.4. The van der Waals surface area contributed by atoms with E-state index in [1.807, 2.05) is 0 Å². The van der Waals surface area contributed by atoms with Crippen LogP contribution in [0.25, 0.3) is 0 Å². The van der Waals surface area contributed by atoms with Crippen molar-refractivity contribution in [3.63, 3.8) is 0 Å². The van der Waals surface area contributed by atoms with Crippen LogP contribution in [0.5, 0.6) is 0 Å². The molecule has 14 heavy (non-hydrogen) atoms. The van der Waals surface area contributed by atoms with Gasteiger partial charge in [0.25, 0.3) is 0 Å². The fourth-order valence-electron chi connectivity index (χ4n) is 0.684. The third kappa shape index (κ3) is 4.45. The molecule has 1 N–H and O–H groups in total. The van der Waals surface area contributed by atoms with Crippen molar-refractivity contribution in [3.8, 4) is 0 Å². The molecule has 0 aromatic heterocycles. The van der Waals surface area contributed by atoms with Crippen LogP contribution in [-0.2, 0) is 9.53 Å². The van der Waals surface area contributed by atoms with E-state index in [1.54, 1.807) is 13.8 Å². The van der Waals surface area contributed by atoms with Crippen LogP contribution >= 0.6 is 0 Å². The lowest BCUT2D eigenvalue weighted by molar-refractivity contribution is -0.205. The smallest absolute Gasteiger partial charge is 0.404 e. The molecular weight excluding hydrogens is 201 g/mol. The molecule has 0 spiro atoms. The van der Waals surface area contributed by atoms with Gasteiger partial charge in [-0.2, -0.15) is 13.2 Å². The number of hydrogen-bond acceptors (Lipinski definition) is 2. The van der Waals surface area contributed by atoms with Crippen molar-refractivity contribution in [2.75, 3.05) is 6.61 Å². The molecule has 0 saturated carbocycles. The molecule has 0 radical (unpaired) electrons. The maximum atomic E-state index is 12.1. The first kappa shape index (κ1) is 13.2. The number of ether oxygens (including phenoxy) is 1. The second-order valence-corrected chi connectivity index (χ2v) is 2.98. The van der Waals surface area contributed by atoms with Crippen LogP contribution in [0.3, 0.4) is 0 Å². The lowest BCUT2D eigenvalue weighted by atomic mass is 10.1. The largest absolute Gasteiger partial charge is 0.481 e. The molecule has 2 unspecified atom stereocenters. The van der Waals surface area contributed by atoms with Crippen molar-refractivity contribution < 1.29 is 27.8 Å². The Bertz CT molecular complexity index is 191. The first-order chi connectivity index (χ1) is 6.29. The maximum absolute atomic E-state index is 12.1. The highest BCUT2D eigenvalue weighted by Crippen LogP contribution is 2.27. The molecule has 0 amide bonds. The third-order valence-corrected chi connectivity index (χ3v) is 1.82. The molecule has 0 fully saturated rings. The minimum Gasteiger partial charge on any atom is -0.481 e. The number of rotatable bonds is 5. The molecule has 0 bridgehead atoms. The quantitative estimate of drug-likeness (QED) is 0.761. The van der Waals surface area contributed by atoms with E-state index in [1.165, 1.54) is 0 Å². The summed E-state index contributed by atoms with van der Waals surface area (Å²) in [6, 6.07) is 0. The van der Waals surface area contributed by atoms with Crippen molar-refractivity contribution in [1.82, 2.24) is 0 Å². The maximum Gasteiger partial charge on any atom is 0.404 e. The van der Waals surface area contributed by atoms with Crippen molar-refractivity contribution in [2.24, 2.45) is 5.92 Å². The summed E-state index contributed by atoms with van der Waals surface area (Å²) in [7, 11) is 0. The van der Waals surface area contributed by atoms with Crippen molar-refractivity contribution in [2.45, 2.75) is 32.5 Å². The number of aliphatic carboxylic acids is 1. The molecule has 0 saturated heterocycles. The Morgan fingerprint density at radius 3 is 2.29 bits per heavy atom. The highest BCUT2D eigenvalue weighted by atomic mass is 19.4. The van der Waals surface area contributed by atoms with Gasteiger partial charge in [0, 0.05) is 0 Å². The molecule has 0 aliphatic rings. The van der Waals surface area contributed by atoms with Crippen molar-refractivity contribution in [1.29, 1.82) is 0 Å². The average Bonchev–Trinajstić information content (AvgIpc) is 2.01. The number of halogens is 3. The predicted molar refractivity (Wildman–Crippen MR) is 42.9 cm³/mol. The summed E-state index contributed by atoms with van der Waals surface area (Å²) in [4.78, 5) is 10.2. The zero-order chi connectivity index (χ0) is 11.4. The molecule has 3 nitrogen and oxygen atoms in total. The lowest BCUT2D eigenvalue weighted by Crippen LogP contribution is -2.35. The van der Waals surface area contributed by atoms with E-state index in [9.17, 15) is 18.0 Å². The second kappa shape index (κ2) is 5.19. The van der Waals surface area contributed by atoms with Crippen LogP contribution in [0.2, 0.25) is 0 Å². The van der Waals surface area contributed by atoms with E-state index >= 15 is 0 Å². The van der Waals surface area contributed by atoms with Gasteiger partial charge in [0.05, 0.1) is 12.7 Å². The van der Waals surface area contributed by atoms with Gasteiger partial charge in [0.15, 0.2) is 5.92 Å². The molecular formula is C8H13F3O3. The van der Waals surface area contributed by atoms with Gasteiger partial charge in [-0.25, -0.2) is 0 Å². The summed E-state index contributed by atoms with van der Waals surface area (Å²) < 4.78 is 40.9. The molecule has 0 aliphatic heterocycles. The highest BCUT2D eigenvalue weighted by molar-refractivity contribution is 5.71. The van der Waals surface area contributed by atoms with Crippen molar-refractivity contribution in [3.05, 3.63) is 0 Å². The molecule has 84 valence electrons. The summed E-state index contributed by atoms with van der Waals surface area (Å²) in [6.45, 7) is 2.51. The summed E-state index contributed by atoms with van der Waals surface area (Å²) >= 11 is 0. The molecule has 0 rings (SSSR count). The van der Waals surface area contributed by atoms with Gasteiger partial charge < -0.3 is 9.84 Å². The zero-order valence-corrected chi connectivity index (χ0v) is 7.97. The first-order valence-electron chi connectivity index (χ1n) is 4.20. The number of hydrogen-bond donors (Lipinski definition) is 1. The highest BCUT2D eigenvalue weighted by Gasteiger charge is 2.45. The molecule has 6 heteroatoms. The zero-order valence-electron chi connectivity index (χ0n) is 7.97. The number of carbonyl (C=O) groups is 1. The first-order valence-corrected chi connectivity index (χ1v) is 4.20. The van der Waals surface area contributed by atoms with E-state index in [2.05, 4.69) is 0 Å². The van der Waals surface area contributed by atoms with Crippen LogP contribution in [0.1, 0.15) is 20.3 Å². The summed E-state index contributed by atoms with van der Waals surface area (Å²) in [5.41, 5.74) is 0. The fraction of sp³-hybridized carbons (Fsp3) is 0.875. The number of carboxylic acids is 1. The summed E-state index contributed by atoms with van der Waals surface area (Å²) in [6.07, 6.45) is -4.57. The van der Waals surface area contributed by atoms with E-state index in [-0.39, 0.29) is 6.10 Å². The SMILES string of the molecule is CCC(C)OCC(C(=O)O)C(F)(F)F. The summed E-state index contributed by atoms with van der Waals surface area (Å²) in [5, 5.41) is 8.29. The van der Waals surface area contributed by atoms with Crippen LogP contribution < -0.4 is 0 Å². The lowest BCUT2D eigenvalue weighted by Gasteiger charge is -2.18. The second-order valence-electron chi connectivity index (χ2n) is 2.98. The van der Waals surface area contributed by atoms with E-state index in [0.29, 0.717) is 6.42 Å². The van der Waals surface area contributed by atoms with Gasteiger partial charge in [-0.3, -0.25) is 4.79 Å². The Morgan fingerprint density at radius 2 is 2.00 bits per heavy atom. The topological polar surface area (TPSA) is 46.5 Å². The van der Waals surface area contributed by atoms with Gasteiger partial charge in [-0.05, 0) is 13.3 Å². The number of alkyl halides is 3. The Kier molecular flexibility index (Phi) is 4.90. The van der Waals surface area contributed by atoms with Gasteiger partial charge >= 0.3 is 12.1 Å².